The molecule has 0 radical (unpaired) electrons. The van der Waals surface area contributed by atoms with Crippen LogP contribution in [0.15, 0.2) is 24.3 Å². The normalized spacial score (nSPS) is 26.7. The van der Waals surface area contributed by atoms with Gasteiger partial charge in [0.1, 0.15) is 0 Å². The average Bonchev–Trinajstić information content (AvgIpc) is 2.65. The van der Waals surface area contributed by atoms with Crippen LogP contribution < -0.4 is 0 Å². The molecule has 14 heavy (non-hydrogen) atoms. The van der Waals surface area contributed by atoms with Gasteiger partial charge in [-0.05, 0) is 42.2 Å². The zero-order valence-corrected chi connectivity index (χ0v) is 9.29. The van der Waals surface area contributed by atoms with Crippen LogP contribution in [0.3, 0.4) is 0 Å². The van der Waals surface area contributed by atoms with Gasteiger partial charge in [0.25, 0.3) is 0 Å². The van der Waals surface area contributed by atoms with E-state index in [4.69, 9.17) is 0 Å². The minimum Gasteiger partial charge on any atom is -0.0625 e. The van der Waals surface area contributed by atoms with Crippen molar-refractivity contribution >= 4 is 0 Å². The lowest BCUT2D eigenvalue weighted by atomic mass is 9.95. The molecule has 0 saturated heterocycles. The minimum absolute atomic E-state index is 0.843. The van der Waals surface area contributed by atoms with Crippen molar-refractivity contribution in [1.82, 2.24) is 0 Å². The lowest BCUT2D eigenvalue weighted by Gasteiger charge is -2.10. The molecule has 0 heterocycles. The molecule has 0 N–H and O–H groups in total. The molecule has 1 aromatic carbocycles. The molecule has 1 aromatic rings. The highest BCUT2D eigenvalue weighted by atomic mass is 14.3. The van der Waals surface area contributed by atoms with E-state index < -0.39 is 0 Å². The molecule has 0 aliphatic heterocycles. The molecule has 2 unspecified atom stereocenters. The second-order valence-corrected chi connectivity index (χ2v) is 4.71. The molecule has 2 atom stereocenters. The first kappa shape index (κ1) is 9.76. The number of hydrogen-bond donors (Lipinski definition) is 0. The Morgan fingerprint density at radius 3 is 2.36 bits per heavy atom. The fraction of sp³-hybridized carbons (Fsp3) is 0.571. The first-order valence-electron chi connectivity index (χ1n) is 5.88. The lowest BCUT2D eigenvalue weighted by Crippen LogP contribution is -1.93. The van der Waals surface area contributed by atoms with E-state index in [9.17, 15) is 0 Å². The Morgan fingerprint density at radius 2 is 1.86 bits per heavy atom. The average molecular weight is 188 g/mol. The molecule has 1 saturated carbocycles. The first-order valence-corrected chi connectivity index (χ1v) is 5.88. The topological polar surface area (TPSA) is 0 Å². The Hall–Kier alpha value is -0.780. The smallest absolute Gasteiger partial charge is 0.0159 e. The van der Waals surface area contributed by atoms with Gasteiger partial charge in [-0.1, -0.05) is 44.5 Å². The summed E-state index contributed by atoms with van der Waals surface area (Å²) in [5.41, 5.74) is 3.02. The zero-order chi connectivity index (χ0) is 9.97. The fourth-order valence-corrected chi connectivity index (χ4v) is 2.54. The van der Waals surface area contributed by atoms with Crippen LogP contribution in [0.5, 0.6) is 0 Å². The number of rotatable bonds is 2. The van der Waals surface area contributed by atoms with Gasteiger partial charge in [-0.25, -0.2) is 0 Å². The van der Waals surface area contributed by atoms with E-state index >= 15 is 0 Å². The van der Waals surface area contributed by atoms with E-state index in [0.717, 1.165) is 18.3 Å². The van der Waals surface area contributed by atoms with Crippen LogP contribution in [-0.2, 0) is 6.42 Å². The van der Waals surface area contributed by atoms with Gasteiger partial charge in [-0.15, -0.1) is 0 Å². The summed E-state index contributed by atoms with van der Waals surface area (Å²) in [4.78, 5) is 0. The molecule has 0 amide bonds. The highest BCUT2D eigenvalue weighted by Gasteiger charge is 2.22. The van der Waals surface area contributed by atoms with Gasteiger partial charge in [0.2, 0.25) is 0 Å². The van der Waals surface area contributed by atoms with Crippen LogP contribution in [0.4, 0.5) is 0 Å². The van der Waals surface area contributed by atoms with Gasteiger partial charge in [0.05, 0.1) is 0 Å². The molecule has 0 bridgehead atoms. The van der Waals surface area contributed by atoms with Gasteiger partial charge < -0.3 is 0 Å². The largest absolute Gasteiger partial charge is 0.0625 e. The van der Waals surface area contributed by atoms with Crippen molar-refractivity contribution in [3.05, 3.63) is 35.4 Å². The summed E-state index contributed by atoms with van der Waals surface area (Å²) < 4.78 is 0. The van der Waals surface area contributed by atoms with E-state index in [0.29, 0.717) is 0 Å². The maximum atomic E-state index is 2.38. The molecule has 1 aliphatic carbocycles. The summed E-state index contributed by atoms with van der Waals surface area (Å²) in [6.45, 7) is 4.59. The van der Waals surface area contributed by atoms with Crippen molar-refractivity contribution in [3.63, 3.8) is 0 Å². The van der Waals surface area contributed by atoms with Crippen molar-refractivity contribution in [1.29, 1.82) is 0 Å². The highest BCUT2D eigenvalue weighted by molar-refractivity contribution is 5.26. The molecular weight excluding hydrogens is 168 g/mol. The molecule has 0 spiro atoms. The quantitative estimate of drug-likeness (QED) is 0.654. The Morgan fingerprint density at radius 1 is 1.14 bits per heavy atom. The van der Waals surface area contributed by atoms with Crippen LogP contribution >= 0.6 is 0 Å². The standard InChI is InChI=1S/C14H20/c1-3-12-5-8-13(9-6-12)14-7-4-11(2)10-14/h5-6,8-9,11,14H,3-4,7,10H2,1-2H3. The predicted molar refractivity (Wildman–Crippen MR) is 61.6 cm³/mol. The van der Waals surface area contributed by atoms with Crippen LogP contribution in [0.1, 0.15) is 50.2 Å². The maximum Gasteiger partial charge on any atom is -0.0159 e. The fourth-order valence-electron chi connectivity index (χ4n) is 2.54. The van der Waals surface area contributed by atoms with Crippen LogP contribution in [0.25, 0.3) is 0 Å². The second kappa shape index (κ2) is 4.16. The van der Waals surface area contributed by atoms with Gasteiger partial charge >= 0.3 is 0 Å². The van der Waals surface area contributed by atoms with Crippen molar-refractivity contribution in [2.45, 2.75) is 45.4 Å². The summed E-state index contributed by atoms with van der Waals surface area (Å²) in [7, 11) is 0. The van der Waals surface area contributed by atoms with E-state index in [1.165, 1.54) is 24.8 Å². The third-order valence-electron chi connectivity index (χ3n) is 3.55. The number of hydrogen-bond acceptors (Lipinski definition) is 0. The van der Waals surface area contributed by atoms with Gasteiger partial charge in [-0.2, -0.15) is 0 Å². The third-order valence-corrected chi connectivity index (χ3v) is 3.55. The SMILES string of the molecule is CCc1ccc(C2CCC(C)C2)cc1. The van der Waals surface area contributed by atoms with Gasteiger partial charge in [0, 0.05) is 0 Å². The highest BCUT2D eigenvalue weighted by Crippen LogP contribution is 2.37. The zero-order valence-electron chi connectivity index (χ0n) is 9.29. The Bertz CT molecular complexity index is 283. The van der Waals surface area contributed by atoms with Crippen molar-refractivity contribution in [2.24, 2.45) is 5.92 Å². The molecular formula is C14H20. The molecule has 1 aliphatic rings. The van der Waals surface area contributed by atoms with E-state index in [-0.39, 0.29) is 0 Å². The molecule has 0 aromatic heterocycles. The second-order valence-electron chi connectivity index (χ2n) is 4.71. The molecule has 0 nitrogen and oxygen atoms in total. The Kier molecular flexibility index (Phi) is 2.90. The summed E-state index contributed by atoms with van der Waals surface area (Å²) in [5.74, 6) is 1.78. The first-order chi connectivity index (χ1) is 6.79. The molecule has 2 rings (SSSR count). The maximum absolute atomic E-state index is 2.38. The van der Waals surface area contributed by atoms with Gasteiger partial charge in [-0.3, -0.25) is 0 Å². The van der Waals surface area contributed by atoms with Crippen LogP contribution in [-0.4, -0.2) is 0 Å². The Labute approximate surface area is 87.3 Å². The van der Waals surface area contributed by atoms with Gasteiger partial charge in [0.15, 0.2) is 0 Å². The predicted octanol–water partition coefficient (Wildman–Crippen LogP) is 4.15. The molecule has 0 heteroatoms. The summed E-state index contributed by atoms with van der Waals surface area (Å²) >= 11 is 0. The molecule has 1 fully saturated rings. The number of aryl methyl sites for hydroxylation is 1. The van der Waals surface area contributed by atoms with Crippen LogP contribution in [0.2, 0.25) is 0 Å². The monoisotopic (exact) mass is 188 g/mol. The molecule has 76 valence electrons. The summed E-state index contributed by atoms with van der Waals surface area (Å²) in [5, 5.41) is 0. The Balaban J connectivity index is 2.09. The third kappa shape index (κ3) is 2.00. The van der Waals surface area contributed by atoms with Crippen molar-refractivity contribution in [3.8, 4) is 0 Å². The lowest BCUT2D eigenvalue weighted by molar-refractivity contribution is 0.596. The van der Waals surface area contributed by atoms with E-state index in [1.807, 2.05) is 0 Å². The minimum atomic E-state index is 0.843. The number of benzene rings is 1. The summed E-state index contributed by atoms with van der Waals surface area (Å²) in [6, 6.07) is 9.25. The van der Waals surface area contributed by atoms with Crippen LogP contribution in [0, 0.1) is 5.92 Å². The van der Waals surface area contributed by atoms with Crippen molar-refractivity contribution in [2.75, 3.05) is 0 Å². The summed E-state index contributed by atoms with van der Waals surface area (Å²) in [6.07, 6.45) is 5.36. The van der Waals surface area contributed by atoms with Crippen molar-refractivity contribution < 1.29 is 0 Å². The van der Waals surface area contributed by atoms with E-state index in [1.54, 1.807) is 5.56 Å². The van der Waals surface area contributed by atoms with E-state index in [2.05, 4.69) is 38.1 Å².